The van der Waals surface area contributed by atoms with Gasteiger partial charge in [0.2, 0.25) is 0 Å². The van der Waals surface area contributed by atoms with Gasteiger partial charge in [-0.15, -0.1) is 0 Å². The molecule has 2 fully saturated rings. The van der Waals surface area contributed by atoms with Crippen molar-refractivity contribution in [1.82, 2.24) is 0 Å². The Bertz CT molecular complexity index is 1060. The number of allylic oxidation sites excluding steroid dienone is 4. The molecule has 0 aliphatic heterocycles. The van der Waals surface area contributed by atoms with Gasteiger partial charge in [0.1, 0.15) is 0 Å². The van der Waals surface area contributed by atoms with Gasteiger partial charge in [0.15, 0.2) is 12.4 Å². The maximum atomic E-state index is 11.9. The predicted molar refractivity (Wildman–Crippen MR) is 117 cm³/mol. The van der Waals surface area contributed by atoms with Crippen molar-refractivity contribution in [2.45, 2.75) is 64.0 Å². The molecule has 0 spiro atoms. The summed E-state index contributed by atoms with van der Waals surface area (Å²) in [5.41, 5.74) is 3.75. The summed E-state index contributed by atoms with van der Waals surface area (Å²) in [6.07, 6.45) is 14.0. The average Bonchev–Trinajstić information content (AvgIpc) is 3.03. The zero-order valence-electron chi connectivity index (χ0n) is 19.8. The minimum atomic E-state index is -3.97. The molecule has 6 atom stereocenters. The molecule has 0 amide bonds. The van der Waals surface area contributed by atoms with Gasteiger partial charge in [0, 0.05) is 11.6 Å². The van der Waals surface area contributed by atoms with Crippen LogP contribution >= 0.6 is 0 Å². The molecule has 0 bridgehead atoms. The summed E-state index contributed by atoms with van der Waals surface area (Å²) in [5.74, 6) is 1.70. The van der Waals surface area contributed by atoms with Gasteiger partial charge >= 0.3 is 29.6 Å². The van der Waals surface area contributed by atoms with Crippen LogP contribution in [0.25, 0.3) is 5.57 Å². The Morgan fingerprint density at radius 3 is 2.58 bits per heavy atom. The fourth-order valence-electron chi connectivity index (χ4n) is 7.51. The molecule has 1 heterocycles. The Morgan fingerprint density at radius 1 is 1.13 bits per heavy atom. The van der Waals surface area contributed by atoms with E-state index in [1.165, 1.54) is 17.3 Å². The van der Waals surface area contributed by atoms with E-state index >= 15 is 0 Å². The average molecular weight is 454 g/mol. The van der Waals surface area contributed by atoms with Crippen molar-refractivity contribution in [3.8, 4) is 0 Å². The second-order valence-corrected chi connectivity index (χ2v) is 12.1. The number of fused-ring (bicyclic) bond motifs is 5. The molecule has 7 heteroatoms. The van der Waals surface area contributed by atoms with Crippen molar-refractivity contribution in [3.63, 3.8) is 0 Å². The smallest absolute Gasteiger partial charge is 1.00 e. The molecule has 0 unspecified atom stereocenters. The monoisotopic (exact) mass is 453 g/mol. The number of hydrogen-bond acceptors (Lipinski definition) is 3. The summed E-state index contributed by atoms with van der Waals surface area (Å²) in [6.45, 7) is 4.71. The number of rotatable bonds is 2. The normalized spacial score (nSPS) is 39.3. The first-order valence-corrected chi connectivity index (χ1v) is 12.7. The SMILES string of the molecule is C[C@]12CC[C@H](S(=O)(=O)O)CC1=CC[C@@H]1[C@@H]2CC[C@]2(C)C(c3ccc[n+]([O-])c3)=CC[C@@H]12.[H-].[Na+]. The fourth-order valence-corrected chi connectivity index (χ4v) is 8.32. The Hall–Kier alpha value is -0.660. The zero-order valence-corrected chi connectivity index (χ0v) is 21.6. The number of nitrogens with zero attached hydrogens (tertiary/aromatic N) is 1. The van der Waals surface area contributed by atoms with E-state index < -0.39 is 15.4 Å². The van der Waals surface area contributed by atoms with Crippen LogP contribution in [0.1, 0.15) is 65.8 Å². The van der Waals surface area contributed by atoms with E-state index in [0.29, 0.717) is 30.6 Å². The van der Waals surface area contributed by atoms with Crippen molar-refractivity contribution in [2.75, 3.05) is 0 Å². The summed E-state index contributed by atoms with van der Waals surface area (Å²) in [6, 6.07) is 3.88. The molecule has 4 aliphatic rings. The summed E-state index contributed by atoms with van der Waals surface area (Å²) in [4.78, 5) is 0. The van der Waals surface area contributed by atoms with E-state index in [4.69, 9.17) is 0 Å². The van der Waals surface area contributed by atoms with Crippen LogP contribution in [0.15, 0.2) is 42.3 Å². The number of aromatic nitrogens is 1. The number of pyridine rings is 1. The van der Waals surface area contributed by atoms with E-state index in [0.717, 1.165) is 42.4 Å². The molecule has 5 nitrogen and oxygen atoms in total. The van der Waals surface area contributed by atoms with Crippen molar-refractivity contribution in [2.24, 2.45) is 28.6 Å². The second-order valence-electron chi connectivity index (χ2n) is 10.4. The molecule has 4 aliphatic carbocycles. The first-order chi connectivity index (χ1) is 14.1. The maximum Gasteiger partial charge on any atom is 1.00 e. The van der Waals surface area contributed by atoms with Gasteiger partial charge in [0.05, 0.1) is 5.25 Å². The fraction of sp³-hybridized carbons (Fsp3) is 0.625. The molecule has 1 N–H and O–H groups in total. The molecule has 164 valence electrons. The van der Waals surface area contributed by atoms with Gasteiger partial charge in [-0.3, -0.25) is 4.55 Å². The minimum absolute atomic E-state index is 0. The predicted octanol–water partition coefficient (Wildman–Crippen LogP) is 1.65. The van der Waals surface area contributed by atoms with Gasteiger partial charge < -0.3 is 6.63 Å². The van der Waals surface area contributed by atoms with Crippen molar-refractivity contribution in [3.05, 3.63) is 53.0 Å². The van der Waals surface area contributed by atoms with E-state index in [1.807, 2.05) is 6.07 Å². The third kappa shape index (κ3) is 3.67. The Labute approximate surface area is 209 Å². The van der Waals surface area contributed by atoms with Crippen LogP contribution in [-0.4, -0.2) is 18.2 Å². The summed E-state index contributed by atoms with van der Waals surface area (Å²) in [7, 11) is -3.97. The first kappa shape index (κ1) is 23.5. The van der Waals surface area contributed by atoms with Gasteiger partial charge in [-0.05, 0) is 85.2 Å². The molecule has 2 saturated carbocycles. The van der Waals surface area contributed by atoms with Crippen LogP contribution in [0, 0.1) is 33.8 Å². The standard InChI is InChI=1S/C24H31NO4S.Na.H/c1-23-11-9-18(30(27,28)29)14-17(23)5-6-19-21-8-7-20(16-4-3-13-25(26)15-16)24(21,2)12-10-22(19)23;;/h3-5,7,13,15,18-19,21-22H,6,8-12,14H2,1-2H3,(H,27,28,29);;/q;+1;-1/t18-,19-,21-,22-,23-,24+;;/m0../s1. The quantitative estimate of drug-likeness (QED) is 0.243. The van der Waals surface area contributed by atoms with E-state index in [9.17, 15) is 18.2 Å². The molecule has 0 radical (unpaired) electrons. The van der Waals surface area contributed by atoms with Crippen molar-refractivity contribution < 1.29 is 48.7 Å². The Morgan fingerprint density at radius 2 is 1.87 bits per heavy atom. The van der Waals surface area contributed by atoms with Gasteiger partial charge in [-0.1, -0.05) is 31.6 Å². The third-order valence-electron chi connectivity index (χ3n) is 9.15. The molecule has 0 saturated heterocycles. The van der Waals surface area contributed by atoms with Crippen LogP contribution in [0.3, 0.4) is 0 Å². The van der Waals surface area contributed by atoms with E-state index in [1.54, 1.807) is 6.20 Å². The van der Waals surface area contributed by atoms with Crippen molar-refractivity contribution >= 4 is 15.7 Å². The van der Waals surface area contributed by atoms with Crippen LogP contribution < -0.4 is 34.3 Å². The van der Waals surface area contributed by atoms with E-state index in [2.05, 4.69) is 32.1 Å². The van der Waals surface area contributed by atoms with Crippen molar-refractivity contribution in [1.29, 1.82) is 0 Å². The molecule has 1 aromatic rings. The summed E-state index contributed by atoms with van der Waals surface area (Å²) < 4.78 is 33.9. The Kier molecular flexibility index (Phi) is 6.05. The molecular weight excluding hydrogens is 421 g/mol. The molecule has 31 heavy (non-hydrogen) atoms. The van der Waals surface area contributed by atoms with Gasteiger partial charge in [0.25, 0.3) is 10.1 Å². The molecular formula is C24H32NNaO4S. The topological polar surface area (TPSA) is 81.3 Å². The minimum Gasteiger partial charge on any atom is -1.00 e. The molecule has 5 rings (SSSR count). The van der Waals surface area contributed by atoms with Crippen LogP contribution in [0.4, 0.5) is 0 Å². The van der Waals surface area contributed by atoms with Crippen LogP contribution in [0.2, 0.25) is 0 Å². The molecule has 1 aromatic heterocycles. The Balaban J connectivity index is 0.00000144. The maximum absolute atomic E-state index is 11.9. The third-order valence-corrected chi connectivity index (χ3v) is 10.4. The second kappa shape index (κ2) is 7.98. The zero-order chi connectivity index (χ0) is 21.3. The van der Waals surface area contributed by atoms with Gasteiger partial charge in [-0.2, -0.15) is 13.1 Å². The number of hydrogen-bond donors (Lipinski definition) is 1. The van der Waals surface area contributed by atoms with Crippen LogP contribution in [-0.2, 0) is 10.1 Å². The largest absolute Gasteiger partial charge is 1.00 e. The summed E-state index contributed by atoms with van der Waals surface area (Å²) in [5, 5.41) is 11.2. The van der Waals surface area contributed by atoms with Gasteiger partial charge in [-0.25, -0.2) is 0 Å². The van der Waals surface area contributed by atoms with Crippen LogP contribution in [0.5, 0.6) is 0 Å². The molecule has 0 aromatic carbocycles. The first-order valence-electron chi connectivity index (χ1n) is 11.2. The summed E-state index contributed by atoms with van der Waals surface area (Å²) >= 11 is 0. The van der Waals surface area contributed by atoms with E-state index in [-0.39, 0.29) is 41.8 Å².